The Morgan fingerprint density at radius 2 is 1.95 bits per heavy atom. The summed E-state index contributed by atoms with van der Waals surface area (Å²) in [7, 11) is 5.03. The fourth-order valence-electron chi connectivity index (χ4n) is 5.39. The summed E-state index contributed by atoms with van der Waals surface area (Å²) in [6.07, 6.45) is 2.33. The average Bonchev–Trinajstić information content (AvgIpc) is 3.21. The molecule has 3 aromatic rings. The molecule has 5 rings (SSSR count). The topological polar surface area (TPSA) is 89.8 Å². The molecule has 1 saturated heterocycles. The standard InChI is InChI=1S/C26H29F2N5O4/c1-16(34)33-10-8-25(36-4,9-11-33)20-12-18-22(29-15-30-23(18)32(3)24(20)35)31(2)13-17-6-5-7-19-21(17)37-14-26(19,27)28/h5-7,12,15H,8-11,13-14H2,1-4H3. The van der Waals surface area contributed by atoms with Crippen molar-refractivity contribution in [3.05, 3.63) is 57.6 Å². The molecule has 0 N–H and O–H groups in total. The molecule has 1 amide bonds. The molecule has 0 spiro atoms. The van der Waals surface area contributed by atoms with Crippen molar-refractivity contribution in [1.29, 1.82) is 0 Å². The maximum absolute atomic E-state index is 14.2. The number of benzene rings is 1. The van der Waals surface area contributed by atoms with Gasteiger partial charge in [0.25, 0.3) is 5.56 Å². The van der Waals surface area contributed by atoms with Crippen LogP contribution in [0.2, 0.25) is 0 Å². The van der Waals surface area contributed by atoms with Crippen molar-refractivity contribution in [2.45, 2.75) is 37.8 Å². The van der Waals surface area contributed by atoms with Gasteiger partial charge in [0.1, 0.15) is 29.1 Å². The van der Waals surface area contributed by atoms with Crippen molar-refractivity contribution >= 4 is 22.8 Å². The van der Waals surface area contributed by atoms with Gasteiger partial charge in [0.2, 0.25) is 5.91 Å². The van der Waals surface area contributed by atoms with Crippen LogP contribution in [-0.2, 0) is 34.6 Å². The molecule has 0 saturated carbocycles. The summed E-state index contributed by atoms with van der Waals surface area (Å²) < 4.78 is 41.2. The molecule has 2 aliphatic heterocycles. The molecular formula is C26H29F2N5O4. The summed E-state index contributed by atoms with van der Waals surface area (Å²) in [5, 5.41) is 0.631. The molecule has 11 heteroatoms. The Morgan fingerprint density at radius 3 is 2.62 bits per heavy atom. The number of hydrogen-bond donors (Lipinski definition) is 0. The Bertz CT molecular complexity index is 1430. The van der Waals surface area contributed by atoms with E-state index in [4.69, 9.17) is 9.47 Å². The van der Waals surface area contributed by atoms with E-state index in [9.17, 15) is 18.4 Å². The van der Waals surface area contributed by atoms with Crippen molar-refractivity contribution in [3.63, 3.8) is 0 Å². The molecule has 0 aliphatic carbocycles. The largest absolute Gasteiger partial charge is 0.486 e. The lowest BCUT2D eigenvalue weighted by atomic mass is 9.84. The van der Waals surface area contributed by atoms with E-state index in [0.717, 1.165) is 0 Å². The van der Waals surface area contributed by atoms with Crippen LogP contribution in [0, 0.1) is 0 Å². The SMILES string of the molecule is COC1(c2cc3c(N(C)Cc4cccc5c4OCC5(F)F)ncnc3n(C)c2=O)CCN(C(C)=O)CC1. The number of amides is 1. The lowest BCUT2D eigenvalue weighted by molar-refractivity contribution is -0.135. The van der Waals surface area contributed by atoms with Crippen LogP contribution in [0.15, 0.2) is 35.4 Å². The van der Waals surface area contributed by atoms with E-state index in [0.29, 0.717) is 53.9 Å². The Kier molecular flexibility index (Phi) is 6.13. The molecule has 2 aliphatic rings. The van der Waals surface area contributed by atoms with E-state index >= 15 is 0 Å². The second-order valence-corrected chi connectivity index (χ2v) is 9.70. The van der Waals surface area contributed by atoms with Gasteiger partial charge >= 0.3 is 5.92 Å². The summed E-state index contributed by atoms with van der Waals surface area (Å²) in [6.45, 7) is 2.07. The van der Waals surface area contributed by atoms with Crippen LogP contribution in [-0.4, -0.2) is 59.2 Å². The third kappa shape index (κ3) is 4.11. The summed E-state index contributed by atoms with van der Waals surface area (Å²) in [5.74, 6) is -2.30. The van der Waals surface area contributed by atoms with Gasteiger partial charge < -0.3 is 19.3 Å². The highest BCUT2D eigenvalue weighted by Gasteiger charge is 2.43. The van der Waals surface area contributed by atoms with Crippen LogP contribution in [0.1, 0.15) is 36.5 Å². The third-order valence-corrected chi connectivity index (χ3v) is 7.54. The number of nitrogens with zero attached hydrogens (tertiary/aromatic N) is 5. The van der Waals surface area contributed by atoms with Crippen molar-refractivity contribution in [2.75, 3.05) is 38.8 Å². The van der Waals surface area contributed by atoms with Crippen LogP contribution >= 0.6 is 0 Å². The Hall–Kier alpha value is -3.60. The number of pyridine rings is 1. The van der Waals surface area contributed by atoms with Gasteiger partial charge in [-0.3, -0.25) is 14.2 Å². The quantitative estimate of drug-likeness (QED) is 0.518. The van der Waals surface area contributed by atoms with Gasteiger partial charge in [0.05, 0.1) is 16.5 Å². The molecule has 1 fully saturated rings. The first kappa shape index (κ1) is 25.1. The van der Waals surface area contributed by atoms with Gasteiger partial charge in [-0.05, 0) is 25.0 Å². The number of methoxy groups -OCH3 is 1. The molecular weight excluding hydrogens is 484 g/mol. The molecule has 0 bridgehead atoms. The summed E-state index contributed by atoms with van der Waals surface area (Å²) in [6, 6.07) is 6.51. The zero-order chi connectivity index (χ0) is 26.5. The van der Waals surface area contributed by atoms with Gasteiger partial charge in [-0.2, -0.15) is 8.78 Å². The van der Waals surface area contributed by atoms with Gasteiger partial charge in [0.15, 0.2) is 6.61 Å². The van der Waals surface area contributed by atoms with Crippen LogP contribution in [0.4, 0.5) is 14.6 Å². The molecule has 1 aromatic carbocycles. The van der Waals surface area contributed by atoms with Crippen molar-refractivity contribution in [1.82, 2.24) is 19.4 Å². The summed E-state index contributed by atoms with van der Waals surface area (Å²) in [4.78, 5) is 37.7. The van der Waals surface area contributed by atoms with E-state index in [1.54, 1.807) is 44.3 Å². The van der Waals surface area contributed by atoms with E-state index in [2.05, 4.69) is 9.97 Å². The molecule has 0 radical (unpaired) electrons. The summed E-state index contributed by atoms with van der Waals surface area (Å²) in [5.41, 5.74) is 0.323. The lowest BCUT2D eigenvalue weighted by Gasteiger charge is -2.40. The average molecular weight is 514 g/mol. The summed E-state index contributed by atoms with van der Waals surface area (Å²) >= 11 is 0. The van der Waals surface area contributed by atoms with E-state index in [1.165, 1.54) is 23.9 Å². The number of aryl methyl sites for hydroxylation is 1. The van der Waals surface area contributed by atoms with E-state index in [1.807, 2.05) is 4.90 Å². The number of para-hydroxylation sites is 1. The second kappa shape index (κ2) is 9.05. The van der Waals surface area contributed by atoms with Crippen LogP contribution in [0.25, 0.3) is 11.0 Å². The fourth-order valence-corrected chi connectivity index (χ4v) is 5.39. The zero-order valence-electron chi connectivity index (χ0n) is 21.3. The van der Waals surface area contributed by atoms with Crippen molar-refractivity contribution in [2.24, 2.45) is 7.05 Å². The molecule has 37 heavy (non-hydrogen) atoms. The highest BCUT2D eigenvalue weighted by atomic mass is 19.3. The minimum Gasteiger partial charge on any atom is -0.486 e. The molecule has 9 nitrogen and oxygen atoms in total. The van der Waals surface area contributed by atoms with Crippen LogP contribution in [0.3, 0.4) is 0 Å². The van der Waals surface area contributed by atoms with Crippen LogP contribution < -0.4 is 15.2 Å². The first-order chi connectivity index (χ1) is 17.6. The fraction of sp³-hybridized carbons (Fsp3) is 0.462. The number of carbonyl (C=O) groups excluding carboxylic acids is 1. The number of anilines is 1. The number of likely N-dealkylation sites (tertiary alicyclic amines) is 1. The van der Waals surface area contributed by atoms with Crippen LogP contribution in [0.5, 0.6) is 5.75 Å². The minimum atomic E-state index is -3.02. The Balaban J connectivity index is 1.56. The number of halogens is 2. The third-order valence-electron chi connectivity index (χ3n) is 7.54. The van der Waals surface area contributed by atoms with Crippen molar-refractivity contribution < 1.29 is 23.0 Å². The maximum atomic E-state index is 14.2. The number of piperidine rings is 1. The number of ether oxygens (including phenoxy) is 2. The molecule has 196 valence electrons. The first-order valence-corrected chi connectivity index (χ1v) is 12.1. The molecule has 0 atom stereocenters. The maximum Gasteiger partial charge on any atom is 0.310 e. The number of fused-ring (bicyclic) bond motifs is 2. The van der Waals surface area contributed by atoms with Gasteiger partial charge in [0, 0.05) is 53.3 Å². The molecule has 0 unspecified atom stereocenters. The predicted octanol–water partition coefficient (Wildman–Crippen LogP) is 2.93. The second-order valence-electron chi connectivity index (χ2n) is 9.70. The smallest absolute Gasteiger partial charge is 0.310 e. The number of carbonyl (C=O) groups is 1. The molecule has 2 aromatic heterocycles. The van der Waals surface area contributed by atoms with E-state index in [-0.39, 0.29) is 29.3 Å². The van der Waals surface area contributed by atoms with E-state index < -0.39 is 18.1 Å². The Morgan fingerprint density at radius 1 is 1.22 bits per heavy atom. The predicted molar refractivity (Wildman–Crippen MR) is 133 cm³/mol. The first-order valence-electron chi connectivity index (χ1n) is 12.1. The molecule has 4 heterocycles. The lowest BCUT2D eigenvalue weighted by Crippen LogP contribution is -2.48. The number of aromatic nitrogens is 3. The van der Waals surface area contributed by atoms with Gasteiger partial charge in [-0.25, -0.2) is 9.97 Å². The highest BCUT2D eigenvalue weighted by molar-refractivity contribution is 5.87. The Labute approximate surface area is 212 Å². The number of hydrogen-bond acceptors (Lipinski definition) is 7. The number of alkyl halides is 2. The number of rotatable bonds is 5. The zero-order valence-corrected chi connectivity index (χ0v) is 21.3. The van der Waals surface area contributed by atoms with Crippen molar-refractivity contribution in [3.8, 4) is 5.75 Å². The monoisotopic (exact) mass is 513 g/mol. The minimum absolute atomic E-state index is 0.0115. The normalized spacial score (nSPS) is 17.9. The van der Waals surface area contributed by atoms with Gasteiger partial charge in [-0.1, -0.05) is 12.1 Å². The highest BCUT2D eigenvalue weighted by Crippen LogP contribution is 2.43. The van der Waals surface area contributed by atoms with Gasteiger partial charge in [-0.15, -0.1) is 0 Å².